The Hall–Kier alpha value is -1.58. The van der Waals surface area contributed by atoms with Gasteiger partial charge < -0.3 is 10.6 Å². The Labute approximate surface area is 128 Å². The first-order chi connectivity index (χ1) is 10.0. The quantitative estimate of drug-likeness (QED) is 0.827. The van der Waals surface area contributed by atoms with Gasteiger partial charge in [-0.25, -0.2) is 0 Å². The first-order valence-electron chi connectivity index (χ1n) is 7.67. The molecule has 0 amide bonds. The molecule has 0 aliphatic carbocycles. The molecule has 3 heteroatoms. The van der Waals surface area contributed by atoms with E-state index < -0.39 is 0 Å². The van der Waals surface area contributed by atoms with E-state index in [-0.39, 0.29) is 0 Å². The second-order valence-electron chi connectivity index (χ2n) is 6.07. The maximum Gasteiger partial charge on any atom is 0.0366 e. The highest BCUT2D eigenvalue weighted by Gasteiger charge is 2.14. The van der Waals surface area contributed by atoms with Crippen molar-refractivity contribution >= 4 is 16.5 Å². The van der Waals surface area contributed by atoms with Crippen LogP contribution in [0.3, 0.4) is 0 Å². The van der Waals surface area contributed by atoms with Crippen LogP contribution in [0.4, 0.5) is 5.69 Å². The summed E-state index contributed by atoms with van der Waals surface area (Å²) in [5.74, 6) is 0. The van der Waals surface area contributed by atoms with Crippen molar-refractivity contribution in [1.82, 2.24) is 9.80 Å². The number of nitrogen functional groups attached to an aromatic ring is 1. The lowest BCUT2D eigenvalue weighted by Gasteiger charge is -2.30. The Kier molecular flexibility index (Phi) is 5.21. The standard InChI is InChI=1S/C18H27N3/c1-5-21(14(2)12-20(3)4)13-17-10-15-8-6-7-9-16(15)11-18(17)19/h6-11,14H,5,12-13,19H2,1-4H3. The zero-order valence-corrected chi connectivity index (χ0v) is 13.6. The number of likely N-dealkylation sites (N-methyl/N-ethyl adjacent to an activating group) is 2. The van der Waals surface area contributed by atoms with E-state index in [1.54, 1.807) is 0 Å². The van der Waals surface area contributed by atoms with Crippen LogP contribution in [0.5, 0.6) is 0 Å². The number of hydrogen-bond donors (Lipinski definition) is 1. The molecule has 0 heterocycles. The predicted octanol–water partition coefficient (Wildman–Crippen LogP) is 3.19. The van der Waals surface area contributed by atoms with Crippen LogP contribution < -0.4 is 5.73 Å². The third-order valence-electron chi connectivity index (χ3n) is 4.04. The Bertz CT molecular complexity index is 592. The fraction of sp³-hybridized carbons (Fsp3) is 0.444. The summed E-state index contributed by atoms with van der Waals surface area (Å²) in [7, 11) is 4.24. The van der Waals surface area contributed by atoms with Crippen molar-refractivity contribution in [3.63, 3.8) is 0 Å². The van der Waals surface area contributed by atoms with Gasteiger partial charge in [0.25, 0.3) is 0 Å². The summed E-state index contributed by atoms with van der Waals surface area (Å²) >= 11 is 0. The summed E-state index contributed by atoms with van der Waals surface area (Å²) < 4.78 is 0. The summed E-state index contributed by atoms with van der Waals surface area (Å²) in [4.78, 5) is 4.71. The molecule has 0 saturated carbocycles. The van der Waals surface area contributed by atoms with Gasteiger partial charge in [-0.2, -0.15) is 0 Å². The first kappa shape index (κ1) is 15.8. The lowest BCUT2D eigenvalue weighted by molar-refractivity contribution is 0.174. The molecule has 2 aromatic rings. The molecule has 0 aromatic heterocycles. The van der Waals surface area contributed by atoms with Gasteiger partial charge in [-0.3, -0.25) is 4.90 Å². The molecule has 0 spiro atoms. The van der Waals surface area contributed by atoms with Crippen molar-refractivity contribution in [2.45, 2.75) is 26.4 Å². The molecule has 0 fully saturated rings. The molecule has 2 aromatic carbocycles. The number of anilines is 1. The second-order valence-corrected chi connectivity index (χ2v) is 6.07. The first-order valence-corrected chi connectivity index (χ1v) is 7.67. The van der Waals surface area contributed by atoms with Crippen LogP contribution in [0.15, 0.2) is 36.4 Å². The molecule has 1 unspecified atom stereocenters. The van der Waals surface area contributed by atoms with Crippen molar-refractivity contribution in [3.8, 4) is 0 Å². The number of nitrogens with zero attached hydrogens (tertiary/aromatic N) is 2. The smallest absolute Gasteiger partial charge is 0.0366 e. The molecule has 0 aliphatic heterocycles. The minimum Gasteiger partial charge on any atom is -0.398 e. The minimum absolute atomic E-state index is 0.510. The Balaban J connectivity index is 2.22. The minimum atomic E-state index is 0.510. The van der Waals surface area contributed by atoms with E-state index in [0.717, 1.165) is 25.3 Å². The summed E-state index contributed by atoms with van der Waals surface area (Å²) in [6.45, 7) is 7.48. The van der Waals surface area contributed by atoms with Crippen molar-refractivity contribution in [3.05, 3.63) is 42.0 Å². The van der Waals surface area contributed by atoms with Gasteiger partial charge in [-0.15, -0.1) is 0 Å². The molecule has 1 atom stereocenters. The average molecular weight is 285 g/mol. The highest BCUT2D eigenvalue weighted by molar-refractivity contribution is 5.86. The second kappa shape index (κ2) is 6.92. The highest BCUT2D eigenvalue weighted by Crippen LogP contribution is 2.23. The van der Waals surface area contributed by atoms with E-state index in [4.69, 9.17) is 5.73 Å². The van der Waals surface area contributed by atoms with Gasteiger partial charge in [0.2, 0.25) is 0 Å². The highest BCUT2D eigenvalue weighted by atomic mass is 15.2. The lowest BCUT2D eigenvalue weighted by atomic mass is 10.0. The molecule has 114 valence electrons. The molecule has 0 aliphatic rings. The number of rotatable bonds is 6. The summed E-state index contributed by atoms with van der Waals surface area (Å²) in [6.07, 6.45) is 0. The normalized spacial score (nSPS) is 13.2. The molecule has 21 heavy (non-hydrogen) atoms. The summed E-state index contributed by atoms with van der Waals surface area (Å²) in [5.41, 5.74) is 8.37. The van der Waals surface area contributed by atoms with Gasteiger partial charge in [0.1, 0.15) is 0 Å². The van der Waals surface area contributed by atoms with E-state index in [1.807, 2.05) is 0 Å². The van der Waals surface area contributed by atoms with Gasteiger partial charge in [0, 0.05) is 24.8 Å². The topological polar surface area (TPSA) is 32.5 Å². The molecule has 0 bridgehead atoms. The number of hydrogen-bond acceptors (Lipinski definition) is 3. The SMILES string of the molecule is CCN(Cc1cc2ccccc2cc1N)C(C)CN(C)C. The molecular weight excluding hydrogens is 258 g/mol. The van der Waals surface area contributed by atoms with Crippen LogP contribution in [0.25, 0.3) is 10.8 Å². The van der Waals surface area contributed by atoms with Crippen molar-refractivity contribution in [2.24, 2.45) is 0 Å². The average Bonchev–Trinajstić information content (AvgIpc) is 2.44. The molecule has 3 nitrogen and oxygen atoms in total. The Morgan fingerprint density at radius 2 is 1.71 bits per heavy atom. The zero-order valence-electron chi connectivity index (χ0n) is 13.6. The molecule has 0 radical (unpaired) electrons. The van der Waals surface area contributed by atoms with Gasteiger partial charge >= 0.3 is 0 Å². The summed E-state index contributed by atoms with van der Waals surface area (Å²) in [6, 6.07) is 13.2. The van der Waals surface area contributed by atoms with Crippen LogP contribution >= 0.6 is 0 Å². The monoisotopic (exact) mass is 285 g/mol. The van der Waals surface area contributed by atoms with Gasteiger partial charge in [0.15, 0.2) is 0 Å². The van der Waals surface area contributed by atoms with Gasteiger partial charge in [0.05, 0.1) is 0 Å². The fourth-order valence-electron chi connectivity index (χ4n) is 2.88. The van der Waals surface area contributed by atoms with Crippen LogP contribution in [0.1, 0.15) is 19.4 Å². The molecule has 2 N–H and O–H groups in total. The molecular formula is C18H27N3. The van der Waals surface area contributed by atoms with Crippen molar-refractivity contribution < 1.29 is 0 Å². The van der Waals surface area contributed by atoms with Crippen LogP contribution in [-0.2, 0) is 6.54 Å². The van der Waals surface area contributed by atoms with Crippen LogP contribution in [0, 0.1) is 0 Å². The van der Waals surface area contributed by atoms with Gasteiger partial charge in [-0.05, 0) is 56.0 Å². The Morgan fingerprint density at radius 3 is 2.29 bits per heavy atom. The predicted molar refractivity (Wildman–Crippen MR) is 92.5 cm³/mol. The maximum atomic E-state index is 6.25. The largest absolute Gasteiger partial charge is 0.398 e. The van der Waals surface area contributed by atoms with Gasteiger partial charge in [-0.1, -0.05) is 31.2 Å². The number of fused-ring (bicyclic) bond motifs is 1. The fourth-order valence-corrected chi connectivity index (χ4v) is 2.88. The lowest BCUT2D eigenvalue weighted by Crippen LogP contribution is -2.39. The van der Waals surface area contributed by atoms with E-state index in [1.165, 1.54) is 16.3 Å². The third-order valence-corrected chi connectivity index (χ3v) is 4.04. The van der Waals surface area contributed by atoms with Crippen LogP contribution in [-0.4, -0.2) is 43.0 Å². The Morgan fingerprint density at radius 1 is 1.10 bits per heavy atom. The van der Waals surface area contributed by atoms with E-state index in [0.29, 0.717) is 6.04 Å². The number of benzene rings is 2. The number of nitrogens with two attached hydrogens (primary N) is 1. The summed E-state index contributed by atoms with van der Waals surface area (Å²) in [5, 5.41) is 2.47. The van der Waals surface area contributed by atoms with Crippen molar-refractivity contribution in [2.75, 3.05) is 32.9 Å². The third kappa shape index (κ3) is 3.96. The maximum absolute atomic E-state index is 6.25. The van der Waals surface area contributed by atoms with Crippen LogP contribution in [0.2, 0.25) is 0 Å². The van der Waals surface area contributed by atoms with E-state index >= 15 is 0 Å². The molecule has 0 saturated heterocycles. The zero-order chi connectivity index (χ0) is 15.4. The van der Waals surface area contributed by atoms with E-state index in [2.05, 4.69) is 74.1 Å². The van der Waals surface area contributed by atoms with Crippen molar-refractivity contribution in [1.29, 1.82) is 0 Å². The van der Waals surface area contributed by atoms with E-state index in [9.17, 15) is 0 Å². The molecule has 2 rings (SSSR count).